The summed E-state index contributed by atoms with van der Waals surface area (Å²) < 4.78 is 39.5. The van der Waals surface area contributed by atoms with E-state index in [1.165, 1.54) is 26.4 Å². The standard InChI is InChI=1S/C21H23BrN2O5S/c1-28-18-9-8-16(12-17(18)22)24-30(26,27)20-13-15(7-10-19(20)29-2)23-21(25)11-14-5-3-4-6-14/h3,5,7-10,12-14,24H,4,6,11H2,1-2H3,(H,23,25)/t14-/m0/s1. The fourth-order valence-electron chi connectivity index (χ4n) is 3.22. The van der Waals surface area contributed by atoms with E-state index in [1.54, 1.807) is 24.3 Å². The Hall–Kier alpha value is -2.52. The lowest BCUT2D eigenvalue weighted by Gasteiger charge is -2.15. The SMILES string of the molecule is COc1ccc(NS(=O)(=O)c2cc(NC(=O)C[C@H]3C=CCC3)ccc2OC)cc1Br. The molecular weight excluding hydrogens is 472 g/mol. The van der Waals surface area contributed by atoms with Gasteiger partial charge >= 0.3 is 0 Å². The van der Waals surface area contributed by atoms with Crippen molar-refractivity contribution in [3.05, 3.63) is 53.0 Å². The fourth-order valence-corrected chi connectivity index (χ4v) is 5.01. The number of ether oxygens (including phenoxy) is 2. The highest BCUT2D eigenvalue weighted by molar-refractivity contribution is 9.10. The number of nitrogens with one attached hydrogen (secondary N) is 2. The molecule has 1 aliphatic carbocycles. The summed E-state index contributed by atoms with van der Waals surface area (Å²) in [5, 5.41) is 2.78. The third kappa shape index (κ3) is 5.34. The van der Waals surface area contributed by atoms with Crippen LogP contribution in [0.25, 0.3) is 0 Å². The normalized spacial score (nSPS) is 15.6. The number of sulfonamides is 1. The second-order valence-electron chi connectivity index (χ2n) is 6.84. The molecule has 0 fully saturated rings. The first-order chi connectivity index (χ1) is 14.3. The van der Waals surface area contributed by atoms with Crippen LogP contribution in [-0.4, -0.2) is 28.5 Å². The molecule has 7 nitrogen and oxygen atoms in total. The lowest BCUT2D eigenvalue weighted by Crippen LogP contribution is -2.17. The number of carbonyl (C=O) groups excluding carboxylic acids is 1. The average Bonchev–Trinajstić information content (AvgIpc) is 3.20. The van der Waals surface area contributed by atoms with Crippen LogP contribution in [0.3, 0.4) is 0 Å². The van der Waals surface area contributed by atoms with Gasteiger partial charge in [-0.15, -0.1) is 0 Å². The summed E-state index contributed by atoms with van der Waals surface area (Å²) >= 11 is 3.34. The van der Waals surface area contributed by atoms with E-state index in [1.807, 2.05) is 6.08 Å². The molecule has 2 aromatic rings. The Morgan fingerprint density at radius 3 is 2.43 bits per heavy atom. The second kappa shape index (κ2) is 9.53. The van der Waals surface area contributed by atoms with Crippen molar-refractivity contribution < 1.29 is 22.7 Å². The lowest BCUT2D eigenvalue weighted by molar-refractivity contribution is -0.116. The summed E-state index contributed by atoms with van der Waals surface area (Å²) in [5.74, 6) is 0.817. The van der Waals surface area contributed by atoms with E-state index in [2.05, 4.69) is 32.0 Å². The van der Waals surface area contributed by atoms with Gasteiger partial charge in [0.05, 0.1) is 24.4 Å². The number of anilines is 2. The molecule has 2 N–H and O–H groups in total. The van der Waals surface area contributed by atoms with Gasteiger partial charge in [0.1, 0.15) is 16.4 Å². The smallest absolute Gasteiger partial charge is 0.265 e. The van der Waals surface area contributed by atoms with Gasteiger partial charge in [0, 0.05) is 12.1 Å². The summed E-state index contributed by atoms with van der Waals surface area (Å²) in [5.41, 5.74) is 0.742. The van der Waals surface area contributed by atoms with Gasteiger partial charge in [0.2, 0.25) is 5.91 Å². The van der Waals surface area contributed by atoms with Gasteiger partial charge in [-0.1, -0.05) is 12.2 Å². The third-order valence-corrected chi connectivity index (χ3v) is 6.72. The van der Waals surface area contributed by atoms with E-state index in [4.69, 9.17) is 9.47 Å². The highest BCUT2D eigenvalue weighted by Crippen LogP contribution is 2.32. The van der Waals surface area contributed by atoms with Crippen molar-refractivity contribution in [1.82, 2.24) is 0 Å². The largest absolute Gasteiger partial charge is 0.496 e. The van der Waals surface area contributed by atoms with Crippen molar-refractivity contribution in [3.63, 3.8) is 0 Å². The van der Waals surface area contributed by atoms with Crippen LogP contribution < -0.4 is 19.5 Å². The molecule has 0 saturated carbocycles. The van der Waals surface area contributed by atoms with Gasteiger partial charge in [-0.25, -0.2) is 8.42 Å². The minimum Gasteiger partial charge on any atom is -0.496 e. The third-order valence-electron chi connectivity index (χ3n) is 4.70. The Labute approximate surface area is 184 Å². The molecule has 0 aromatic heterocycles. The van der Waals surface area contributed by atoms with Crippen LogP contribution in [0, 0.1) is 5.92 Å². The van der Waals surface area contributed by atoms with Gasteiger partial charge < -0.3 is 14.8 Å². The van der Waals surface area contributed by atoms with Gasteiger partial charge in [0.15, 0.2) is 0 Å². The molecule has 0 unspecified atom stereocenters. The highest BCUT2D eigenvalue weighted by Gasteiger charge is 2.22. The molecular formula is C21H23BrN2O5S. The topological polar surface area (TPSA) is 93.7 Å². The maximum atomic E-state index is 13.0. The second-order valence-corrected chi connectivity index (χ2v) is 9.34. The average molecular weight is 495 g/mol. The summed E-state index contributed by atoms with van der Waals surface area (Å²) in [6.45, 7) is 0. The highest BCUT2D eigenvalue weighted by atomic mass is 79.9. The molecule has 0 radical (unpaired) electrons. The maximum absolute atomic E-state index is 13.0. The monoisotopic (exact) mass is 494 g/mol. The Bertz CT molecular complexity index is 1070. The van der Waals surface area contributed by atoms with Crippen LogP contribution in [-0.2, 0) is 14.8 Å². The van der Waals surface area contributed by atoms with Gasteiger partial charge in [-0.2, -0.15) is 0 Å². The number of rotatable bonds is 8. The number of hydrogen-bond acceptors (Lipinski definition) is 5. The van der Waals surface area contributed by atoms with Gasteiger partial charge in [0.25, 0.3) is 10.0 Å². The first-order valence-electron chi connectivity index (χ1n) is 9.33. The number of carbonyl (C=O) groups is 1. The molecule has 30 heavy (non-hydrogen) atoms. The molecule has 0 spiro atoms. The van der Waals surface area contributed by atoms with Gasteiger partial charge in [-0.05, 0) is 71.1 Å². The first kappa shape index (κ1) is 22.2. The molecule has 2 aromatic carbocycles. The summed E-state index contributed by atoms with van der Waals surface area (Å²) in [4.78, 5) is 12.2. The van der Waals surface area contributed by atoms with Crippen LogP contribution in [0.5, 0.6) is 11.5 Å². The Morgan fingerprint density at radius 2 is 1.80 bits per heavy atom. The fraction of sp³-hybridized carbons (Fsp3) is 0.286. The Kier molecular flexibility index (Phi) is 7.04. The predicted molar refractivity (Wildman–Crippen MR) is 120 cm³/mol. The molecule has 1 amide bonds. The summed E-state index contributed by atoms with van der Waals surface area (Å²) in [7, 11) is -1.05. The van der Waals surface area contributed by atoms with E-state index in [0.717, 1.165) is 12.8 Å². The van der Waals surface area contributed by atoms with Gasteiger partial charge in [-0.3, -0.25) is 9.52 Å². The van der Waals surface area contributed by atoms with Crippen molar-refractivity contribution in [3.8, 4) is 11.5 Å². The predicted octanol–water partition coefficient (Wildman–Crippen LogP) is 4.56. The molecule has 3 rings (SSSR count). The van der Waals surface area contributed by atoms with Crippen molar-refractivity contribution >= 4 is 43.2 Å². The van der Waals surface area contributed by atoms with E-state index < -0.39 is 10.0 Å². The van der Waals surface area contributed by atoms with E-state index in [0.29, 0.717) is 28.0 Å². The molecule has 160 valence electrons. The zero-order valence-electron chi connectivity index (χ0n) is 16.6. The molecule has 0 aliphatic heterocycles. The molecule has 0 bridgehead atoms. The maximum Gasteiger partial charge on any atom is 0.265 e. The van der Waals surface area contributed by atoms with E-state index in [-0.39, 0.29) is 22.5 Å². The Morgan fingerprint density at radius 1 is 1.10 bits per heavy atom. The first-order valence-corrected chi connectivity index (χ1v) is 11.6. The number of allylic oxidation sites excluding steroid dienone is 2. The Balaban J connectivity index is 1.81. The van der Waals surface area contributed by atoms with Crippen molar-refractivity contribution in [2.45, 2.75) is 24.2 Å². The van der Waals surface area contributed by atoms with Crippen LogP contribution in [0.1, 0.15) is 19.3 Å². The zero-order valence-corrected chi connectivity index (χ0v) is 19.0. The zero-order chi connectivity index (χ0) is 21.7. The van der Waals surface area contributed by atoms with E-state index in [9.17, 15) is 13.2 Å². The molecule has 0 saturated heterocycles. The van der Waals surface area contributed by atoms with Crippen LogP contribution in [0.4, 0.5) is 11.4 Å². The lowest BCUT2D eigenvalue weighted by atomic mass is 10.1. The number of amides is 1. The number of benzene rings is 2. The van der Waals surface area contributed by atoms with Crippen LogP contribution in [0.15, 0.2) is 57.9 Å². The summed E-state index contributed by atoms with van der Waals surface area (Å²) in [6.07, 6.45) is 6.41. The molecule has 1 aliphatic rings. The molecule has 0 heterocycles. The van der Waals surface area contributed by atoms with Crippen molar-refractivity contribution in [2.75, 3.05) is 24.3 Å². The number of methoxy groups -OCH3 is 2. The number of halogens is 1. The minimum absolute atomic E-state index is 0.0736. The van der Waals surface area contributed by atoms with Crippen LogP contribution >= 0.6 is 15.9 Å². The van der Waals surface area contributed by atoms with E-state index >= 15 is 0 Å². The minimum atomic E-state index is -3.97. The quantitative estimate of drug-likeness (QED) is 0.524. The summed E-state index contributed by atoms with van der Waals surface area (Å²) in [6, 6.07) is 9.36. The molecule has 9 heteroatoms. The van der Waals surface area contributed by atoms with Crippen LogP contribution in [0.2, 0.25) is 0 Å². The molecule has 1 atom stereocenters. The number of hydrogen-bond donors (Lipinski definition) is 2. The van der Waals surface area contributed by atoms with Crippen molar-refractivity contribution in [1.29, 1.82) is 0 Å². The van der Waals surface area contributed by atoms with Crippen molar-refractivity contribution in [2.24, 2.45) is 5.92 Å².